The highest BCUT2D eigenvalue weighted by Crippen LogP contribution is 2.35. The topological polar surface area (TPSA) is 90.4 Å². The van der Waals surface area contributed by atoms with Crippen LogP contribution in [0.15, 0.2) is 53.0 Å². The SMILES string of the molecule is NS(=O)(=O)c1nn2c(-c3ccc(-c4ccccc4)s3)cnc2s1. The fraction of sp³-hybridized carbons (Fsp3) is 0. The van der Waals surface area contributed by atoms with Crippen LogP contribution in [0, 0.1) is 0 Å². The second-order valence-corrected chi connectivity index (χ2v) is 8.56. The molecule has 0 amide bonds. The van der Waals surface area contributed by atoms with Gasteiger partial charge in [-0.25, -0.2) is 23.1 Å². The van der Waals surface area contributed by atoms with E-state index in [-0.39, 0.29) is 4.34 Å². The molecule has 4 aromatic rings. The first kappa shape index (κ1) is 14.5. The Morgan fingerprint density at radius 1 is 1.00 bits per heavy atom. The zero-order valence-corrected chi connectivity index (χ0v) is 14.0. The first-order valence-electron chi connectivity index (χ1n) is 6.55. The number of nitrogens with two attached hydrogens (primary N) is 1. The monoisotopic (exact) mass is 362 g/mol. The van der Waals surface area contributed by atoms with Crippen molar-refractivity contribution >= 4 is 37.7 Å². The Balaban J connectivity index is 1.81. The number of imidazole rings is 1. The third kappa shape index (κ3) is 2.57. The van der Waals surface area contributed by atoms with Gasteiger partial charge < -0.3 is 0 Å². The Hall–Kier alpha value is -2.07. The Labute approximate surface area is 139 Å². The van der Waals surface area contributed by atoms with Crippen molar-refractivity contribution in [3.63, 3.8) is 0 Å². The van der Waals surface area contributed by atoms with Gasteiger partial charge in [-0.05, 0) is 17.7 Å². The van der Waals surface area contributed by atoms with Crippen molar-refractivity contribution in [3.8, 4) is 21.0 Å². The molecular weight excluding hydrogens is 352 g/mol. The highest BCUT2D eigenvalue weighted by Gasteiger charge is 2.19. The summed E-state index contributed by atoms with van der Waals surface area (Å²) < 4.78 is 24.2. The van der Waals surface area contributed by atoms with Crippen molar-refractivity contribution in [3.05, 3.63) is 48.7 Å². The Morgan fingerprint density at radius 3 is 2.48 bits per heavy atom. The zero-order chi connectivity index (χ0) is 16.0. The van der Waals surface area contributed by atoms with Crippen molar-refractivity contribution < 1.29 is 8.42 Å². The van der Waals surface area contributed by atoms with Crippen LogP contribution < -0.4 is 5.14 Å². The first-order chi connectivity index (χ1) is 11.0. The molecule has 0 bridgehead atoms. The fourth-order valence-electron chi connectivity index (χ4n) is 2.19. The van der Waals surface area contributed by atoms with Crippen LogP contribution in [0.5, 0.6) is 0 Å². The molecule has 6 nitrogen and oxygen atoms in total. The number of nitrogens with zero attached hydrogens (tertiary/aromatic N) is 3. The number of fused-ring (bicyclic) bond motifs is 1. The van der Waals surface area contributed by atoms with Gasteiger partial charge in [0.1, 0.15) is 5.69 Å². The molecule has 1 aromatic carbocycles. The maximum atomic E-state index is 11.4. The van der Waals surface area contributed by atoms with Gasteiger partial charge in [-0.3, -0.25) is 0 Å². The van der Waals surface area contributed by atoms with E-state index in [0.29, 0.717) is 4.96 Å². The predicted molar refractivity (Wildman–Crippen MR) is 91.0 cm³/mol. The smallest absolute Gasteiger partial charge is 0.225 e. The molecule has 0 aliphatic heterocycles. The van der Waals surface area contributed by atoms with Crippen LogP contribution in [-0.4, -0.2) is 23.0 Å². The van der Waals surface area contributed by atoms with E-state index in [1.165, 1.54) is 4.52 Å². The molecule has 9 heteroatoms. The number of thiophene rings is 1. The number of sulfonamides is 1. The highest BCUT2D eigenvalue weighted by atomic mass is 32.2. The highest BCUT2D eigenvalue weighted by molar-refractivity contribution is 7.91. The lowest BCUT2D eigenvalue weighted by molar-refractivity contribution is 0.595. The maximum absolute atomic E-state index is 11.4. The van der Waals surface area contributed by atoms with E-state index in [1.54, 1.807) is 17.5 Å². The summed E-state index contributed by atoms with van der Waals surface area (Å²) in [6, 6.07) is 14.1. The molecule has 23 heavy (non-hydrogen) atoms. The molecule has 116 valence electrons. The number of hydrogen-bond donors (Lipinski definition) is 1. The number of rotatable bonds is 3. The maximum Gasteiger partial charge on any atom is 0.267 e. The first-order valence-corrected chi connectivity index (χ1v) is 9.73. The molecule has 0 fully saturated rings. The molecule has 0 saturated heterocycles. The molecule has 0 saturated carbocycles. The summed E-state index contributed by atoms with van der Waals surface area (Å²) in [5.74, 6) is 0. The molecule has 0 unspecified atom stereocenters. The van der Waals surface area contributed by atoms with E-state index < -0.39 is 10.0 Å². The van der Waals surface area contributed by atoms with Gasteiger partial charge in [0.2, 0.25) is 9.30 Å². The average molecular weight is 362 g/mol. The van der Waals surface area contributed by atoms with Crippen LogP contribution in [0.1, 0.15) is 0 Å². The quantitative estimate of drug-likeness (QED) is 0.607. The molecule has 0 aliphatic rings. The van der Waals surface area contributed by atoms with Crippen molar-refractivity contribution in [1.82, 2.24) is 14.6 Å². The van der Waals surface area contributed by atoms with Crippen LogP contribution in [0.3, 0.4) is 0 Å². The average Bonchev–Trinajstić information content (AvgIpc) is 3.22. The van der Waals surface area contributed by atoms with Crippen LogP contribution in [0.4, 0.5) is 0 Å². The van der Waals surface area contributed by atoms with Gasteiger partial charge in [-0.2, -0.15) is 0 Å². The van der Waals surface area contributed by atoms with Crippen LogP contribution in [0.2, 0.25) is 0 Å². The lowest BCUT2D eigenvalue weighted by atomic mass is 10.2. The summed E-state index contributed by atoms with van der Waals surface area (Å²) in [6.07, 6.45) is 1.69. The largest absolute Gasteiger partial charge is 0.267 e. The van der Waals surface area contributed by atoms with Gasteiger partial charge in [-0.1, -0.05) is 41.7 Å². The van der Waals surface area contributed by atoms with Gasteiger partial charge in [-0.15, -0.1) is 16.4 Å². The van der Waals surface area contributed by atoms with Crippen molar-refractivity contribution in [2.45, 2.75) is 4.34 Å². The number of hydrogen-bond acceptors (Lipinski definition) is 6. The molecule has 0 radical (unpaired) electrons. The molecule has 0 spiro atoms. The molecule has 0 aliphatic carbocycles. The third-order valence-electron chi connectivity index (χ3n) is 3.23. The minimum atomic E-state index is -3.82. The van der Waals surface area contributed by atoms with Gasteiger partial charge in [0, 0.05) is 4.88 Å². The van der Waals surface area contributed by atoms with Gasteiger partial charge in [0.15, 0.2) is 0 Å². The minimum Gasteiger partial charge on any atom is -0.225 e. The zero-order valence-electron chi connectivity index (χ0n) is 11.6. The van der Waals surface area contributed by atoms with Crippen LogP contribution in [0.25, 0.3) is 26.0 Å². The Bertz CT molecular complexity index is 1090. The molecule has 4 rings (SSSR count). The molecule has 0 atom stereocenters. The summed E-state index contributed by atoms with van der Waals surface area (Å²) in [5, 5.41) is 9.20. The normalized spacial score (nSPS) is 12.0. The van der Waals surface area contributed by atoms with Gasteiger partial charge >= 0.3 is 0 Å². The Morgan fingerprint density at radius 2 is 1.74 bits per heavy atom. The molecular formula is C14H10N4O2S3. The van der Waals surface area contributed by atoms with Gasteiger partial charge in [0.05, 0.1) is 11.1 Å². The Kier molecular flexibility index (Phi) is 3.31. The fourth-order valence-corrected chi connectivity index (χ4v) is 4.69. The van der Waals surface area contributed by atoms with Crippen molar-refractivity contribution in [2.75, 3.05) is 0 Å². The van der Waals surface area contributed by atoms with E-state index in [4.69, 9.17) is 5.14 Å². The van der Waals surface area contributed by atoms with Crippen molar-refractivity contribution in [2.24, 2.45) is 5.14 Å². The van der Waals surface area contributed by atoms with Crippen LogP contribution >= 0.6 is 22.7 Å². The number of aromatic nitrogens is 3. The predicted octanol–water partition coefficient (Wildman–Crippen LogP) is 2.83. The second kappa shape index (κ2) is 5.24. The summed E-state index contributed by atoms with van der Waals surface area (Å²) in [4.78, 5) is 6.80. The number of benzene rings is 1. The molecule has 3 aromatic heterocycles. The van der Waals surface area contributed by atoms with E-state index in [9.17, 15) is 8.42 Å². The summed E-state index contributed by atoms with van der Waals surface area (Å²) >= 11 is 2.55. The van der Waals surface area contributed by atoms with Crippen molar-refractivity contribution in [1.29, 1.82) is 0 Å². The third-order valence-corrected chi connectivity index (χ3v) is 6.62. The molecule has 3 heterocycles. The van der Waals surface area contributed by atoms with E-state index in [2.05, 4.69) is 10.1 Å². The lowest BCUT2D eigenvalue weighted by Gasteiger charge is -1.95. The summed E-state index contributed by atoms with van der Waals surface area (Å²) in [5.41, 5.74) is 1.88. The summed E-state index contributed by atoms with van der Waals surface area (Å²) in [6.45, 7) is 0. The standard InChI is InChI=1S/C14H10N4O2S3/c15-23(19,20)14-17-18-10(8-16-13(18)22-14)12-7-6-11(21-12)9-4-2-1-3-5-9/h1-8H,(H2,15,19,20). The van der Waals surface area contributed by atoms with Gasteiger partial charge in [0.25, 0.3) is 10.0 Å². The van der Waals surface area contributed by atoms with Crippen LogP contribution in [-0.2, 0) is 10.0 Å². The number of primary sulfonamides is 1. The minimum absolute atomic E-state index is 0.137. The van der Waals surface area contributed by atoms with E-state index in [0.717, 1.165) is 32.3 Å². The summed E-state index contributed by atoms with van der Waals surface area (Å²) in [7, 11) is -3.82. The lowest BCUT2D eigenvalue weighted by Crippen LogP contribution is -2.12. The van der Waals surface area contributed by atoms with E-state index in [1.807, 2.05) is 42.5 Å². The second-order valence-electron chi connectivity index (χ2n) is 4.78. The van der Waals surface area contributed by atoms with E-state index >= 15 is 0 Å². The molecule has 2 N–H and O–H groups in total.